The number of amides is 3. The Balaban J connectivity index is 1.54. The van der Waals surface area contributed by atoms with Gasteiger partial charge in [0.2, 0.25) is 5.91 Å². The highest BCUT2D eigenvalue weighted by Gasteiger charge is 2.29. The molecule has 1 unspecified atom stereocenters. The first-order chi connectivity index (χ1) is 14.1. The normalized spacial score (nSPS) is 18.4. The van der Waals surface area contributed by atoms with E-state index in [-0.39, 0.29) is 17.9 Å². The van der Waals surface area contributed by atoms with E-state index in [2.05, 4.69) is 28.8 Å². The summed E-state index contributed by atoms with van der Waals surface area (Å²) in [4.78, 5) is 26.1. The largest absolute Gasteiger partial charge is 0.497 e. The molecule has 0 aromatic heterocycles. The number of urea groups is 1. The van der Waals surface area contributed by atoms with E-state index in [4.69, 9.17) is 4.74 Å². The summed E-state index contributed by atoms with van der Waals surface area (Å²) in [5.74, 6) is 0.790. The van der Waals surface area contributed by atoms with Crippen molar-refractivity contribution in [2.75, 3.05) is 30.4 Å². The van der Waals surface area contributed by atoms with Crippen LogP contribution in [-0.2, 0) is 4.79 Å². The van der Waals surface area contributed by atoms with Crippen LogP contribution in [0.3, 0.4) is 0 Å². The van der Waals surface area contributed by atoms with Gasteiger partial charge in [0.1, 0.15) is 5.75 Å². The average molecular weight is 387 g/mol. The molecule has 0 aliphatic carbocycles. The summed E-state index contributed by atoms with van der Waals surface area (Å²) in [5, 5.41) is 8.00. The summed E-state index contributed by atoms with van der Waals surface area (Å²) < 4.78 is 5.31. The van der Waals surface area contributed by atoms with Gasteiger partial charge in [0.25, 0.3) is 0 Å². The number of benzene rings is 3. The molecule has 0 saturated carbocycles. The molecule has 0 radical (unpaired) electrons. The molecule has 3 aromatic carbocycles. The Morgan fingerprint density at radius 1 is 1.00 bits per heavy atom. The third-order valence-electron chi connectivity index (χ3n) is 5.72. The Bertz CT molecular complexity index is 1140. The Hall–Kier alpha value is -3.54. The number of hydrogen-bond donors (Lipinski definition) is 2. The molecule has 2 heterocycles. The van der Waals surface area contributed by atoms with Gasteiger partial charge in [-0.25, -0.2) is 4.79 Å². The van der Waals surface area contributed by atoms with Gasteiger partial charge in [-0.3, -0.25) is 9.69 Å². The number of carbonyl (C=O) groups is 2. The van der Waals surface area contributed by atoms with Gasteiger partial charge in [-0.05, 0) is 46.2 Å². The number of nitrogens with zero attached hydrogens (tertiary/aromatic N) is 1. The topological polar surface area (TPSA) is 70.7 Å². The first-order valence-electron chi connectivity index (χ1n) is 9.69. The zero-order chi connectivity index (χ0) is 20.0. The second-order valence-corrected chi connectivity index (χ2v) is 7.43. The van der Waals surface area contributed by atoms with Crippen molar-refractivity contribution in [3.63, 3.8) is 0 Å². The molecule has 3 amide bonds. The lowest BCUT2D eigenvalue weighted by molar-refractivity contribution is -0.116. The second kappa shape index (κ2) is 6.81. The minimum absolute atomic E-state index is 0.0136. The lowest BCUT2D eigenvalue weighted by Crippen LogP contribution is -2.28. The van der Waals surface area contributed by atoms with E-state index in [0.29, 0.717) is 19.5 Å². The highest BCUT2D eigenvalue weighted by atomic mass is 16.5. The van der Waals surface area contributed by atoms with Crippen molar-refractivity contribution < 1.29 is 14.3 Å². The minimum Gasteiger partial charge on any atom is -0.497 e. The standard InChI is InChI=1S/C23H21N3O3/c1-29-18-6-4-14-10-16(3-2-15(14)11-18)20-13-22(27)25-21-12-17(5-7-19(20)21)26-9-8-24-23(26)28/h2-7,10-12,20H,8-9,13H2,1H3,(H,24,28)(H,25,27). The number of nitrogens with one attached hydrogen (secondary N) is 2. The van der Waals surface area contributed by atoms with Crippen LogP contribution in [0.25, 0.3) is 10.8 Å². The third kappa shape index (κ3) is 3.06. The van der Waals surface area contributed by atoms with E-state index in [1.54, 1.807) is 12.0 Å². The molecule has 3 aromatic rings. The van der Waals surface area contributed by atoms with Gasteiger partial charge in [-0.15, -0.1) is 0 Å². The van der Waals surface area contributed by atoms with Crippen molar-refractivity contribution in [1.82, 2.24) is 5.32 Å². The number of methoxy groups -OCH3 is 1. The molecule has 2 N–H and O–H groups in total. The van der Waals surface area contributed by atoms with Gasteiger partial charge in [0.15, 0.2) is 0 Å². The summed E-state index contributed by atoms with van der Waals surface area (Å²) in [5.41, 5.74) is 3.75. The first kappa shape index (κ1) is 17.6. The van der Waals surface area contributed by atoms with E-state index >= 15 is 0 Å². The van der Waals surface area contributed by atoms with E-state index in [9.17, 15) is 9.59 Å². The fourth-order valence-corrected chi connectivity index (χ4v) is 4.22. The molecule has 2 aliphatic rings. The van der Waals surface area contributed by atoms with Crippen molar-refractivity contribution in [2.45, 2.75) is 12.3 Å². The molecule has 146 valence electrons. The third-order valence-corrected chi connectivity index (χ3v) is 5.72. The summed E-state index contributed by atoms with van der Waals surface area (Å²) >= 11 is 0. The summed E-state index contributed by atoms with van der Waals surface area (Å²) in [6, 6.07) is 18.1. The van der Waals surface area contributed by atoms with E-state index in [1.165, 1.54) is 0 Å². The van der Waals surface area contributed by atoms with Crippen molar-refractivity contribution in [2.24, 2.45) is 0 Å². The maximum Gasteiger partial charge on any atom is 0.321 e. The van der Waals surface area contributed by atoms with Crippen molar-refractivity contribution >= 4 is 34.1 Å². The van der Waals surface area contributed by atoms with Crippen LogP contribution >= 0.6 is 0 Å². The van der Waals surface area contributed by atoms with E-state index in [0.717, 1.165) is 39.0 Å². The average Bonchev–Trinajstić information content (AvgIpc) is 3.17. The highest BCUT2D eigenvalue weighted by Crippen LogP contribution is 2.40. The molecule has 5 rings (SSSR count). The molecule has 6 nitrogen and oxygen atoms in total. The van der Waals surface area contributed by atoms with E-state index < -0.39 is 0 Å². The monoisotopic (exact) mass is 387 g/mol. The minimum atomic E-state index is -0.103. The van der Waals surface area contributed by atoms with Crippen LogP contribution in [0, 0.1) is 0 Å². The van der Waals surface area contributed by atoms with Gasteiger partial charge >= 0.3 is 6.03 Å². The Kier molecular flexibility index (Phi) is 4.12. The fraction of sp³-hybridized carbons (Fsp3) is 0.217. The molecule has 29 heavy (non-hydrogen) atoms. The molecule has 1 atom stereocenters. The lowest BCUT2D eigenvalue weighted by atomic mass is 9.84. The van der Waals surface area contributed by atoms with Gasteiger partial charge in [-0.2, -0.15) is 0 Å². The summed E-state index contributed by atoms with van der Waals surface area (Å²) in [6.07, 6.45) is 0.401. The molecule has 0 bridgehead atoms. The Labute approximate surface area is 168 Å². The molecule has 1 fully saturated rings. The van der Waals surface area contributed by atoms with Gasteiger partial charge in [-0.1, -0.05) is 30.3 Å². The number of ether oxygens (including phenoxy) is 1. The quantitative estimate of drug-likeness (QED) is 0.717. The van der Waals surface area contributed by atoms with Crippen LogP contribution in [0.4, 0.5) is 16.2 Å². The van der Waals surface area contributed by atoms with Crippen LogP contribution in [0.15, 0.2) is 54.6 Å². The SMILES string of the molecule is COc1ccc2cc(C3CC(=O)Nc4cc(N5CCNC5=O)ccc43)ccc2c1. The summed E-state index contributed by atoms with van der Waals surface area (Å²) in [6.45, 7) is 1.26. The Morgan fingerprint density at radius 3 is 2.62 bits per heavy atom. The number of hydrogen-bond acceptors (Lipinski definition) is 3. The van der Waals surface area contributed by atoms with Gasteiger partial charge in [0.05, 0.1) is 7.11 Å². The molecular formula is C23H21N3O3. The first-order valence-corrected chi connectivity index (χ1v) is 9.69. The summed E-state index contributed by atoms with van der Waals surface area (Å²) in [7, 11) is 1.66. The van der Waals surface area contributed by atoms with Gasteiger partial charge in [0, 0.05) is 36.8 Å². The molecule has 0 spiro atoms. The van der Waals surface area contributed by atoms with Crippen LogP contribution in [0.2, 0.25) is 0 Å². The number of carbonyl (C=O) groups excluding carboxylic acids is 2. The number of rotatable bonds is 3. The molecular weight excluding hydrogens is 366 g/mol. The van der Waals surface area contributed by atoms with Crippen LogP contribution in [-0.4, -0.2) is 32.1 Å². The zero-order valence-electron chi connectivity index (χ0n) is 16.1. The number of anilines is 2. The van der Waals surface area contributed by atoms with Crippen molar-refractivity contribution in [3.05, 3.63) is 65.7 Å². The molecule has 6 heteroatoms. The van der Waals surface area contributed by atoms with E-state index in [1.807, 2.05) is 36.4 Å². The predicted molar refractivity (Wildman–Crippen MR) is 113 cm³/mol. The predicted octanol–water partition coefficient (Wildman–Crippen LogP) is 3.85. The smallest absolute Gasteiger partial charge is 0.321 e. The molecule has 2 aliphatic heterocycles. The lowest BCUT2D eigenvalue weighted by Gasteiger charge is -2.28. The second-order valence-electron chi connectivity index (χ2n) is 7.43. The highest BCUT2D eigenvalue weighted by molar-refractivity contribution is 5.99. The van der Waals surface area contributed by atoms with Crippen molar-refractivity contribution in [1.29, 1.82) is 0 Å². The van der Waals surface area contributed by atoms with Crippen LogP contribution < -0.4 is 20.3 Å². The fourth-order valence-electron chi connectivity index (χ4n) is 4.22. The Morgan fingerprint density at radius 2 is 1.83 bits per heavy atom. The maximum absolute atomic E-state index is 12.4. The van der Waals surface area contributed by atoms with Gasteiger partial charge < -0.3 is 15.4 Å². The number of fused-ring (bicyclic) bond motifs is 2. The zero-order valence-corrected chi connectivity index (χ0v) is 16.1. The maximum atomic E-state index is 12.4. The molecule has 1 saturated heterocycles. The van der Waals surface area contributed by atoms with Crippen molar-refractivity contribution in [3.8, 4) is 5.75 Å². The van der Waals surface area contributed by atoms with Crippen LogP contribution in [0.5, 0.6) is 5.75 Å². The van der Waals surface area contributed by atoms with Crippen LogP contribution in [0.1, 0.15) is 23.5 Å².